The van der Waals surface area contributed by atoms with Crippen molar-refractivity contribution in [1.29, 1.82) is 0 Å². The van der Waals surface area contributed by atoms with Crippen molar-refractivity contribution in [3.8, 4) is 0 Å². The normalized spacial score (nSPS) is 37.7. The van der Waals surface area contributed by atoms with E-state index in [1.165, 1.54) is 19.3 Å². The zero-order chi connectivity index (χ0) is 18.3. The molecule has 2 aliphatic heterocycles. The molecule has 2 saturated heterocycles. The van der Waals surface area contributed by atoms with Gasteiger partial charge in [-0.2, -0.15) is 0 Å². The van der Waals surface area contributed by atoms with Crippen molar-refractivity contribution in [1.82, 2.24) is 19.8 Å². The van der Waals surface area contributed by atoms with E-state index in [2.05, 4.69) is 22.1 Å². The summed E-state index contributed by atoms with van der Waals surface area (Å²) in [4.78, 5) is 19.4. The Bertz CT molecular complexity index is 644. The minimum Gasteiger partial charge on any atom is -0.382 e. The van der Waals surface area contributed by atoms with Crippen LogP contribution in [0.1, 0.15) is 64.1 Å². The molecule has 4 atom stereocenters. The van der Waals surface area contributed by atoms with E-state index in [1.807, 2.05) is 17.8 Å². The molecule has 2 bridgehead atoms. The van der Waals surface area contributed by atoms with Gasteiger partial charge in [-0.05, 0) is 44.4 Å². The van der Waals surface area contributed by atoms with Gasteiger partial charge in [0.2, 0.25) is 5.91 Å². The van der Waals surface area contributed by atoms with E-state index in [4.69, 9.17) is 0 Å². The second kappa shape index (κ2) is 6.97. The fourth-order valence-electron chi connectivity index (χ4n) is 5.52. The van der Waals surface area contributed by atoms with E-state index < -0.39 is 5.60 Å². The molecular weight excluding hydrogens is 328 g/mol. The Morgan fingerprint density at radius 2 is 1.96 bits per heavy atom. The summed E-state index contributed by atoms with van der Waals surface area (Å²) in [5.41, 5.74) is -0.866. The monoisotopic (exact) mass is 360 g/mol. The fraction of sp³-hybridized carbons (Fsp3) is 0.800. The molecule has 1 saturated carbocycles. The van der Waals surface area contributed by atoms with Crippen LogP contribution >= 0.6 is 0 Å². The first-order valence-electron chi connectivity index (χ1n) is 10.2. The van der Waals surface area contributed by atoms with E-state index in [-0.39, 0.29) is 18.0 Å². The van der Waals surface area contributed by atoms with Crippen molar-refractivity contribution in [2.75, 3.05) is 6.54 Å². The van der Waals surface area contributed by atoms with Gasteiger partial charge in [-0.1, -0.05) is 19.8 Å². The lowest BCUT2D eigenvalue weighted by Gasteiger charge is -2.43. The summed E-state index contributed by atoms with van der Waals surface area (Å²) >= 11 is 0. The molecule has 1 aliphatic carbocycles. The van der Waals surface area contributed by atoms with Crippen molar-refractivity contribution >= 4 is 5.91 Å². The van der Waals surface area contributed by atoms with Crippen LogP contribution in [0.3, 0.4) is 0 Å². The number of nitrogens with one attached hydrogen (secondary N) is 1. The van der Waals surface area contributed by atoms with Crippen LogP contribution in [-0.2, 0) is 17.4 Å². The molecule has 26 heavy (non-hydrogen) atoms. The first-order valence-corrected chi connectivity index (χ1v) is 10.2. The van der Waals surface area contributed by atoms with Gasteiger partial charge in [0.25, 0.3) is 0 Å². The third-order valence-corrected chi connectivity index (χ3v) is 6.94. The molecule has 1 aromatic rings. The number of aromatic nitrogens is 2. The van der Waals surface area contributed by atoms with Gasteiger partial charge < -0.3 is 15.0 Å². The van der Waals surface area contributed by atoms with E-state index >= 15 is 0 Å². The van der Waals surface area contributed by atoms with E-state index in [0.717, 1.165) is 25.1 Å². The summed E-state index contributed by atoms with van der Waals surface area (Å²) in [6.07, 6.45) is 11.9. The second-order valence-electron chi connectivity index (χ2n) is 8.79. The molecule has 3 aliphatic rings. The Morgan fingerprint density at radius 3 is 2.58 bits per heavy atom. The lowest BCUT2D eigenvalue weighted by Crippen LogP contribution is -2.54. The van der Waals surface area contributed by atoms with Crippen LogP contribution in [0.4, 0.5) is 0 Å². The SMILES string of the molecule is C[C@@H]1CCCC[C@@H]1NC(=O)CN1[C@@H]2CC[C@@H]1CC(O)(c1nccn1C)C2. The molecule has 6 heteroatoms. The smallest absolute Gasteiger partial charge is 0.234 e. The maximum atomic E-state index is 12.7. The molecule has 6 nitrogen and oxygen atoms in total. The number of carbonyl (C=O) groups excluding carboxylic acids is 1. The molecule has 0 aromatic carbocycles. The second-order valence-corrected chi connectivity index (χ2v) is 8.79. The predicted octanol–water partition coefficient (Wildman–Crippen LogP) is 1.93. The number of hydrogen-bond donors (Lipinski definition) is 2. The zero-order valence-corrected chi connectivity index (χ0v) is 16.0. The fourth-order valence-corrected chi connectivity index (χ4v) is 5.52. The van der Waals surface area contributed by atoms with Crippen LogP contribution in [0.5, 0.6) is 0 Å². The average Bonchev–Trinajstić information content (AvgIpc) is 3.13. The highest BCUT2D eigenvalue weighted by molar-refractivity contribution is 5.78. The summed E-state index contributed by atoms with van der Waals surface area (Å²) in [6, 6.07) is 0.873. The van der Waals surface area contributed by atoms with Gasteiger partial charge >= 0.3 is 0 Å². The van der Waals surface area contributed by atoms with Crippen molar-refractivity contribution in [3.05, 3.63) is 18.2 Å². The number of piperidine rings is 1. The number of nitrogens with zero attached hydrogens (tertiary/aromatic N) is 3. The lowest BCUT2D eigenvalue weighted by molar-refractivity contribution is -0.127. The molecular formula is C20H32N4O2. The standard InChI is InChI=1S/C20H32N4O2/c1-14-5-3-4-6-17(14)22-18(25)13-24-15-7-8-16(24)12-20(26,11-15)19-21-9-10-23(19)2/h9-10,14-17,26H,3-8,11-13H2,1-2H3,(H,22,25)/t14-,15-,16-,17+/m1/s1. The lowest BCUT2D eigenvalue weighted by atomic mass is 9.85. The summed E-state index contributed by atoms with van der Waals surface area (Å²) < 4.78 is 1.92. The topological polar surface area (TPSA) is 70.4 Å². The van der Waals surface area contributed by atoms with Crippen molar-refractivity contribution in [2.45, 2.75) is 82.0 Å². The van der Waals surface area contributed by atoms with Gasteiger partial charge in [-0.15, -0.1) is 0 Å². The quantitative estimate of drug-likeness (QED) is 0.861. The van der Waals surface area contributed by atoms with Crippen molar-refractivity contribution < 1.29 is 9.90 Å². The van der Waals surface area contributed by atoms with Crippen LogP contribution < -0.4 is 5.32 Å². The molecule has 0 radical (unpaired) electrons. The van der Waals surface area contributed by atoms with E-state index in [1.54, 1.807) is 6.20 Å². The summed E-state index contributed by atoms with van der Waals surface area (Å²) in [6.45, 7) is 2.72. The zero-order valence-electron chi connectivity index (χ0n) is 16.0. The highest BCUT2D eigenvalue weighted by Crippen LogP contribution is 2.44. The maximum Gasteiger partial charge on any atom is 0.234 e. The highest BCUT2D eigenvalue weighted by Gasteiger charge is 2.50. The molecule has 0 unspecified atom stereocenters. The number of amides is 1. The molecule has 4 rings (SSSR count). The molecule has 2 N–H and O–H groups in total. The molecule has 3 fully saturated rings. The number of aryl methyl sites for hydroxylation is 1. The Balaban J connectivity index is 1.39. The number of aliphatic hydroxyl groups is 1. The van der Waals surface area contributed by atoms with Crippen LogP contribution in [0.15, 0.2) is 12.4 Å². The summed E-state index contributed by atoms with van der Waals surface area (Å²) in [5, 5.41) is 14.5. The Kier molecular flexibility index (Phi) is 4.82. The van der Waals surface area contributed by atoms with E-state index in [9.17, 15) is 9.90 Å². The maximum absolute atomic E-state index is 12.7. The van der Waals surface area contributed by atoms with Gasteiger partial charge in [0.15, 0.2) is 0 Å². The number of rotatable bonds is 4. The highest BCUT2D eigenvalue weighted by atomic mass is 16.3. The van der Waals surface area contributed by atoms with Crippen LogP contribution in [0, 0.1) is 5.92 Å². The molecule has 0 spiro atoms. The van der Waals surface area contributed by atoms with Crippen LogP contribution in [-0.4, -0.2) is 50.1 Å². The first-order chi connectivity index (χ1) is 12.5. The minimum atomic E-state index is -0.866. The van der Waals surface area contributed by atoms with Gasteiger partial charge in [-0.3, -0.25) is 9.69 Å². The summed E-state index contributed by atoms with van der Waals surface area (Å²) in [5.74, 6) is 1.50. The molecule has 144 valence electrons. The Hall–Kier alpha value is -1.40. The first kappa shape index (κ1) is 18.0. The van der Waals surface area contributed by atoms with Gasteiger partial charge in [0, 0.05) is 37.6 Å². The number of imidazole rings is 1. The van der Waals surface area contributed by atoms with E-state index in [0.29, 0.717) is 31.3 Å². The van der Waals surface area contributed by atoms with Gasteiger partial charge in [-0.25, -0.2) is 4.98 Å². The number of hydrogen-bond acceptors (Lipinski definition) is 4. The number of carbonyl (C=O) groups is 1. The average molecular weight is 361 g/mol. The number of fused-ring (bicyclic) bond motifs is 2. The molecule has 1 amide bonds. The molecule has 3 heterocycles. The van der Waals surface area contributed by atoms with Gasteiger partial charge in [0.05, 0.1) is 6.54 Å². The Morgan fingerprint density at radius 1 is 1.27 bits per heavy atom. The largest absolute Gasteiger partial charge is 0.382 e. The van der Waals surface area contributed by atoms with Crippen molar-refractivity contribution in [2.24, 2.45) is 13.0 Å². The minimum absolute atomic E-state index is 0.156. The van der Waals surface area contributed by atoms with Crippen molar-refractivity contribution in [3.63, 3.8) is 0 Å². The van der Waals surface area contributed by atoms with Crippen LogP contribution in [0.2, 0.25) is 0 Å². The third kappa shape index (κ3) is 3.29. The van der Waals surface area contributed by atoms with Crippen LogP contribution in [0.25, 0.3) is 0 Å². The summed E-state index contributed by atoms with van der Waals surface area (Å²) in [7, 11) is 1.94. The third-order valence-electron chi connectivity index (χ3n) is 6.94. The predicted molar refractivity (Wildman–Crippen MR) is 99.4 cm³/mol. The van der Waals surface area contributed by atoms with Gasteiger partial charge in [0.1, 0.15) is 11.4 Å². The Labute approximate surface area is 156 Å². The molecule has 1 aromatic heterocycles.